The molecule has 1 spiro atoms. The Bertz CT molecular complexity index is 978. The summed E-state index contributed by atoms with van der Waals surface area (Å²) in [5.74, 6) is -0.0771. The van der Waals surface area contributed by atoms with E-state index in [0.717, 1.165) is 50.1 Å². The maximum Gasteiger partial charge on any atom is 0.127 e. The molecule has 2 saturated heterocycles. The van der Waals surface area contributed by atoms with Crippen LogP contribution in [0.15, 0.2) is 60.8 Å². The van der Waals surface area contributed by atoms with Gasteiger partial charge in [0.15, 0.2) is 0 Å². The van der Waals surface area contributed by atoms with Crippen LogP contribution in [-0.4, -0.2) is 35.1 Å². The van der Waals surface area contributed by atoms with Crippen molar-refractivity contribution in [3.05, 3.63) is 72.2 Å². The number of aromatic nitrogens is 1. The first-order chi connectivity index (χ1) is 13.7. The largest absolute Gasteiger partial charge is 0.371 e. The van der Waals surface area contributed by atoms with E-state index in [-0.39, 0.29) is 11.4 Å². The summed E-state index contributed by atoms with van der Waals surface area (Å²) in [6.45, 7) is 3.92. The number of pyridine rings is 1. The molecule has 144 valence electrons. The highest BCUT2D eigenvalue weighted by Gasteiger charge is 2.43. The van der Waals surface area contributed by atoms with Crippen LogP contribution in [0.4, 0.5) is 10.1 Å². The Kier molecular flexibility index (Phi) is 4.52. The minimum atomic E-state index is -0.0771. The van der Waals surface area contributed by atoms with Crippen LogP contribution in [0.1, 0.15) is 31.2 Å². The summed E-state index contributed by atoms with van der Waals surface area (Å²) in [6, 6.07) is 17.9. The van der Waals surface area contributed by atoms with Crippen molar-refractivity contribution in [2.75, 3.05) is 24.5 Å². The number of likely N-dealkylation sites (tertiary alicyclic amines) is 1. The lowest BCUT2D eigenvalue weighted by molar-refractivity contribution is 0.0986. The van der Waals surface area contributed by atoms with Crippen molar-refractivity contribution in [1.82, 2.24) is 9.88 Å². The van der Waals surface area contributed by atoms with E-state index in [9.17, 15) is 4.39 Å². The summed E-state index contributed by atoms with van der Waals surface area (Å²) in [6.07, 6.45) is 6.59. The molecule has 0 aliphatic carbocycles. The van der Waals surface area contributed by atoms with Gasteiger partial charge in [-0.15, -0.1) is 0 Å². The van der Waals surface area contributed by atoms with Crippen molar-refractivity contribution < 1.29 is 4.39 Å². The van der Waals surface area contributed by atoms with E-state index in [4.69, 9.17) is 0 Å². The van der Waals surface area contributed by atoms with Gasteiger partial charge in [-0.1, -0.05) is 24.3 Å². The topological polar surface area (TPSA) is 19.4 Å². The molecule has 0 radical (unpaired) electrons. The van der Waals surface area contributed by atoms with Gasteiger partial charge in [0.2, 0.25) is 0 Å². The lowest BCUT2D eigenvalue weighted by atomic mass is 9.84. The average Bonchev–Trinajstić information content (AvgIpc) is 3.11. The Morgan fingerprint density at radius 3 is 2.64 bits per heavy atom. The molecule has 0 N–H and O–H groups in total. The minimum Gasteiger partial charge on any atom is -0.371 e. The van der Waals surface area contributed by atoms with Crippen molar-refractivity contribution in [3.8, 4) is 0 Å². The molecular weight excluding hydrogens is 349 g/mol. The van der Waals surface area contributed by atoms with Gasteiger partial charge in [0.25, 0.3) is 0 Å². The number of anilines is 1. The highest BCUT2D eigenvalue weighted by molar-refractivity contribution is 5.82. The molecule has 3 aromatic rings. The molecule has 2 aromatic carbocycles. The first-order valence-corrected chi connectivity index (χ1v) is 10.3. The van der Waals surface area contributed by atoms with Crippen LogP contribution in [0, 0.1) is 5.82 Å². The van der Waals surface area contributed by atoms with Gasteiger partial charge in [-0.3, -0.25) is 9.88 Å². The zero-order valence-corrected chi connectivity index (χ0v) is 16.1. The number of benzene rings is 2. The quantitative estimate of drug-likeness (QED) is 0.642. The molecule has 3 heterocycles. The fraction of sp³-hybridized carbons (Fsp3) is 0.375. The second-order valence-corrected chi connectivity index (χ2v) is 8.21. The van der Waals surface area contributed by atoms with Crippen LogP contribution < -0.4 is 4.90 Å². The van der Waals surface area contributed by atoms with E-state index in [0.29, 0.717) is 0 Å². The van der Waals surface area contributed by atoms with Gasteiger partial charge in [-0.2, -0.15) is 0 Å². The summed E-state index contributed by atoms with van der Waals surface area (Å²) >= 11 is 0. The fourth-order valence-corrected chi connectivity index (χ4v) is 5.08. The zero-order chi connectivity index (χ0) is 19.0. The first kappa shape index (κ1) is 17.6. The molecule has 28 heavy (non-hydrogen) atoms. The molecule has 2 aliphatic rings. The van der Waals surface area contributed by atoms with Gasteiger partial charge in [-0.25, -0.2) is 4.39 Å². The van der Waals surface area contributed by atoms with Crippen molar-refractivity contribution in [3.63, 3.8) is 0 Å². The summed E-state index contributed by atoms with van der Waals surface area (Å²) < 4.78 is 14.2. The van der Waals surface area contributed by atoms with Crippen LogP contribution in [0.25, 0.3) is 10.9 Å². The minimum absolute atomic E-state index is 0.0771. The predicted molar refractivity (Wildman–Crippen MR) is 112 cm³/mol. The number of rotatable bonds is 3. The number of piperidine rings is 1. The standard InChI is InChI=1S/C24H26FN3/c25-22-7-2-1-5-20(22)18-28-14-4-10-24(28)11-15-27(16-12-24)21-8-9-23-19(17-21)6-3-13-26-23/h1-3,5-9,13,17H,4,10-12,14-16,18H2. The molecule has 0 saturated carbocycles. The van der Waals surface area contributed by atoms with E-state index in [1.165, 1.54) is 23.9 Å². The van der Waals surface area contributed by atoms with Crippen LogP contribution in [0.5, 0.6) is 0 Å². The van der Waals surface area contributed by atoms with Crippen LogP contribution >= 0.6 is 0 Å². The second kappa shape index (κ2) is 7.17. The first-order valence-electron chi connectivity index (χ1n) is 10.3. The van der Waals surface area contributed by atoms with E-state index in [1.54, 1.807) is 12.1 Å². The van der Waals surface area contributed by atoms with Crippen molar-refractivity contribution in [2.24, 2.45) is 0 Å². The maximum absolute atomic E-state index is 14.2. The SMILES string of the molecule is Fc1ccccc1CN1CCCC12CCN(c1ccc3ncccc3c1)CC2. The van der Waals surface area contributed by atoms with Gasteiger partial charge >= 0.3 is 0 Å². The molecule has 2 aliphatic heterocycles. The Hall–Kier alpha value is -2.46. The van der Waals surface area contributed by atoms with Crippen molar-refractivity contribution in [2.45, 2.75) is 37.8 Å². The number of hydrogen-bond acceptors (Lipinski definition) is 3. The zero-order valence-electron chi connectivity index (χ0n) is 16.1. The molecule has 3 nitrogen and oxygen atoms in total. The third kappa shape index (κ3) is 3.16. The number of hydrogen-bond donors (Lipinski definition) is 0. The Labute approximate surface area is 165 Å². The third-order valence-corrected chi connectivity index (χ3v) is 6.71. The van der Waals surface area contributed by atoms with Gasteiger partial charge in [0.1, 0.15) is 5.82 Å². The molecule has 0 atom stereocenters. The molecular formula is C24H26FN3. The summed E-state index contributed by atoms with van der Waals surface area (Å²) in [5.41, 5.74) is 3.39. The molecule has 5 rings (SSSR count). The molecule has 0 bridgehead atoms. The predicted octanol–water partition coefficient (Wildman–Crippen LogP) is 5.01. The van der Waals surface area contributed by atoms with E-state index >= 15 is 0 Å². The van der Waals surface area contributed by atoms with Crippen LogP contribution in [0.2, 0.25) is 0 Å². The summed E-state index contributed by atoms with van der Waals surface area (Å²) in [5, 5.41) is 1.20. The van der Waals surface area contributed by atoms with Crippen molar-refractivity contribution >= 4 is 16.6 Å². The fourth-order valence-electron chi connectivity index (χ4n) is 5.08. The van der Waals surface area contributed by atoms with Crippen LogP contribution in [0.3, 0.4) is 0 Å². The van der Waals surface area contributed by atoms with E-state index < -0.39 is 0 Å². The Morgan fingerprint density at radius 2 is 1.79 bits per heavy atom. The number of fused-ring (bicyclic) bond motifs is 1. The number of halogens is 1. The van der Waals surface area contributed by atoms with Gasteiger partial charge < -0.3 is 4.90 Å². The van der Waals surface area contributed by atoms with Crippen LogP contribution in [-0.2, 0) is 6.54 Å². The third-order valence-electron chi connectivity index (χ3n) is 6.71. The molecule has 4 heteroatoms. The Balaban J connectivity index is 1.31. The summed E-state index contributed by atoms with van der Waals surface area (Å²) in [7, 11) is 0. The Morgan fingerprint density at radius 1 is 0.929 bits per heavy atom. The van der Waals surface area contributed by atoms with Gasteiger partial charge in [0, 0.05) is 48.0 Å². The van der Waals surface area contributed by atoms with Gasteiger partial charge in [-0.05, 0) is 62.6 Å². The lowest BCUT2D eigenvalue weighted by Crippen LogP contribution is -2.51. The van der Waals surface area contributed by atoms with E-state index in [1.807, 2.05) is 24.4 Å². The average molecular weight is 375 g/mol. The normalized spacial score (nSPS) is 19.5. The summed E-state index contributed by atoms with van der Waals surface area (Å²) in [4.78, 5) is 9.47. The van der Waals surface area contributed by atoms with Crippen molar-refractivity contribution in [1.29, 1.82) is 0 Å². The number of nitrogens with zero attached hydrogens (tertiary/aromatic N) is 3. The lowest BCUT2D eigenvalue weighted by Gasteiger charge is -2.46. The second-order valence-electron chi connectivity index (χ2n) is 8.21. The smallest absolute Gasteiger partial charge is 0.127 e. The monoisotopic (exact) mass is 375 g/mol. The highest BCUT2D eigenvalue weighted by Crippen LogP contribution is 2.40. The molecule has 2 fully saturated rings. The highest BCUT2D eigenvalue weighted by atomic mass is 19.1. The molecule has 1 aromatic heterocycles. The molecule has 0 amide bonds. The van der Waals surface area contributed by atoms with E-state index in [2.05, 4.69) is 39.0 Å². The molecule has 0 unspecified atom stereocenters. The van der Waals surface area contributed by atoms with Gasteiger partial charge in [0.05, 0.1) is 5.52 Å². The maximum atomic E-state index is 14.2.